The Hall–Kier alpha value is -1.72. The Morgan fingerprint density at radius 1 is 1.18 bits per heavy atom. The van der Waals surface area contributed by atoms with E-state index in [9.17, 15) is 4.79 Å². The molecule has 1 aromatic heterocycles. The van der Waals surface area contributed by atoms with Crippen LogP contribution in [-0.4, -0.2) is 29.0 Å². The van der Waals surface area contributed by atoms with Crippen LogP contribution in [0.2, 0.25) is 5.02 Å². The average molecular weight is 332 g/mol. The summed E-state index contributed by atoms with van der Waals surface area (Å²) in [5.41, 5.74) is 0.895. The number of benzene rings is 1. The molecule has 0 radical (unpaired) electrons. The van der Waals surface area contributed by atoms with Gasteiger partial charge in [-0.2, -0.15) is 0 Å². The molecule has 1 aromatic carbocycles. The molecule has 0 N–H and O–H groups in total. The molecule has 4 rings (SSSR count). The molecule has 112 valence electrons. The summed E-state index contributed by atoms with van der Waals surface area (Å²) in [4.78, 5) is 23.0. The molecular weight excluding hydrogens is 318 g/mol. The van der Waals surface area contributed by atoms with Crippen LogP contribution in [0.25, 0.3) is 0 Å². The molecule has 2 amide bonds. The first-order valence-electron chi connectivity index (χ1n) is 7.25. The molecule has 0 bridgehead atoms. The number of para-hydroxylation sites is 1. The van der Waals surface area contributed by atoms with Gasteiger partial charge in [-0.3, -0.25) is 0 Å². The molecule has 0 spiro atoms. The molecule has 0 aliphatic carbocycles. The van der Waals surface area contributed by atoms with Gasteiger partial charge < -0.3 is 4.90 Å². The van der Waals surface area contributed by atoms with E-state index in [1.807, 2.05) is 35.2 Å². The number of carbonyl (C=O) groups is 1. The SMILES string of the molecule is O=C(N1CCCC1)N1c2ccccc2Sc2cc(Cl)cnc21. The van der Waals surface area contributed by atoms with Crippen LogP contribution in [0.1, 0.15) is 12.8 Å². The molecular formula is C16H14ClN3OS. The smallest absolute Gasteiger partial charge is 0.324 e. The number of likely N-dealkylation sites (tertiary alicyclic amines) is 1. The molecule has 3 heterocycles. The van der Waals surface area contributed by atoms with Gasteiger partial charge in [0.1, 0.15) is 0 Å². The summed E-state index contributed by atoms with van der Waals surface area (Å²) in [6, 6.07) is 9.79. The van der Waals surface area contributed by atoms with Crippen LogP contribution < -0.4 is 4.90 Å². The number of fused-ring (bicyclic) bond motifs is 2. The van der Waals surface area contributed by atoms with Gasteiger partial charge in [0.05, 0.1) is 15.6 Å². The highest BCUT2D eigenvalue weighted by Gasteiger charge is 2.33. The molecule has 2 aliphatic rings. The van der Waals surface area contributed by atoms with Gasteiger partial charge in [0, 0.05) is 24.2 Å². The minimum atomic E-state index is 0.00122. The maximum Gasteiger partial charge on any atom is 0.330 e. The predicted octanol–water partition coefficient (Wildman–Crippen LogP) is 4.55. The van der Waals surface area contributed by atoms with Crippen LogP contribution in [0.15, 0.2) is 46.3 Å². The minimum Gasteiger partial charge on any atom is -0.324 e. The van der Waals surface area contributed by atoms with Gasteiger partial charge >= 0.3 is 6.03 Å². The van der Waals surface area contributed by atoms with Crippen molar-refractivity contribution < 1.29 is 4.79 Å². The van der Waals surface area contributed by atoms with Crippen molar-refractivity contribution in [3.63, 3.8) is 0 Å². The molecule has 6 heteroatoms. The molecule has 4 nitrogen and oxygen atoms in total. The van der Waals surface area contributed by atoms with Crippen LogP contribution in [0.3, 0.4) is 0 Å². The lowest BCUT2D eigenvalue weighted by molar-refractivity contribution is 0.217. The molecule has 1 saturated heterocycles. The summed E-state index contributed by atoms with van der Waals surface area (Å²) in [5.74, 6) is 0.671. The van der Waals surface area contributed by atoms with Crippen LogP contribution in [0.5, 0.6) is 0 Å². The molecule has 2 aliphatic heterocycles. The van der Waals surface area contributed by atoms with Crippen LogP contribution in [0, 0.1) is 0 Å². The average Bonchev–Trinajstić information content (AvgIpc) is 3.06. The maximum atomic E-state index is 13.0. The Kier molecular flexibility index (Phi) is 3.47. The van der Waals surface area contributed by atoms with Crippen LogP contribution >= 0.6 is 23.4 Å². The normalized spacial score (nSPS) is 16.4. The zero-order valence-electron chi connectivity index (χ0n) is 11.8. The number of urea groups is 1. The van der Waals surface area contributed by atoms with Crippen LogP contribution in [0.4, 0.5) is 16.3 Å². The van der Waals surface area contributed by atoms with Crippen molar-refractivity contribution in [2.45, 2.75) is 22.6 Å². The third-order valence-corrected chi connectivity index (χ3v) is 5.20. The Morgan fingerprint density at radius 3 is 2.77 bits per heavy atom. The quantitative estimate of drug-likeness (QED) is 0.710. The number of nitrogens with zero attached hydrogens (tertiary/aromatic N) is 3. The first kappa shape index (κ1) is 13.9. The molecule has 1 fully saturated rings. The number of halogens is 1. The molecule has 2 aromatic rings. The molecule has 22 heavy (non-hydrogen) atoms. The van der Waals surface area contributed by atoms with E-state index in [1.165, 1.54) is 0 Å². The lowest BCUT2D eigenvalue weighted by atomic mass is 10.2. The number of rotatable bonds is 0. The van der Waals surface area contributed by atoms with Crippen molar-refractivity contribution in [1.29, 1.82) is 0 Å². The van der Waals surface area contributed by atoms with Crippen molar-refractivity contribution in [3.8, 4) is 0 Å². The number of amides is 2. The van der Waals surface area contributed by atoms with E-state index < -0.39 is 0 Å². The number of hydrogen-bond donors (Lipinski definition) is 0. The Labute approximate surface area is 138 Å². The number of carbonyl (C=O) groups excluding carboxylic acids is 1. The van der Waals surface area contributed by atoms with Gasteiger partial charge in [-0.1, -0.05) is 35.5 Å². The van der Waals surface area contributed by atoms with Crippen molar-refractivity contribution in [1.82, 2.24) is 9.88 Å². The molecule has 0 atom stereocenters. The van der Waals surface area contributed by atoms with E-state index in [2.05, 4.69) is 4.98 Å². The van der Waals surface area contributed by atoms with Crippen molar-refractivity contribution in [2.75, 3.05) is 18.0 Å². The number of aromatic nitrogens is 1. The second-order valence-corrected chi connectivity index (χ2v) is 6.88. The van der Waals surface area contributed by atoms with E-state index in [4.69, 9.17) is 11.6 Å². The second-order valence-electron chi connectivity index (χ2n) is 5.36. The summed E-state index contributed by atoms with van der Waals surface area (Å²) in [6.45, 7) is 1.63. The number of hydrogen-bond acceptors (Lipinski definition) is 3. The summed E-state index contributed by atoms with van der Waals surface area (Å²) in [5, 5.41) is 0.583. The zero-order valence-corrected chi connectivity index (χ0v) is 13.4. The predicted molar refractivity (Wildman–Crippen MR) is 88.2 cm³/mol. The second kappa shape index (κ2) is 5.48. The van der Waals surface area contributed by atoms with Gasteiger partial charge in [-0.15, -0.1) is 0 Å². The lowest BCUT2D eigenvalue weighted by Crippen LogP contribution is -2.40. The Balaban J connectivity index is 1.84. The monoisotopic (exact) mass is 331 g/mol. The standard InChI is InChI=1S/C16H14ClN3OS/c17-11-9-14-15(18-10-11)20(16(21)19-7-3-4-8-19)12-5-1-2-6-13(12)22-14/h1-2,5-6,9-10H,3-4,7-8H2. The fraction of sp³-hybridized carbons (Fsp3) is 0.250. The van der Waals surface area contributed by atoms with Gasteiger partial charge in [-0.05, 0) is 31.0 Å². The summed E-state index contributed by atoms with van der Waals surface area (Å²) in [7, 11) is 0. The highest BCUT2D eigenvalue weighted by Crippen LogP contribution is 2.48. The van der Waals surface area contributed by atoms with Crippen molar-refractivity contribution >= 4 is 40.9 Å². The highest BCUT2D eigenvalue weighted by atomic mass is 35.5. The summed E-state index contributed by atoms with van der Waals surface area (Å²) < 4.78 is 0. The van der Waals surface area contributed by atoms with Crippen molar-refractivity contribution in [3.05, 3.63) is 41.6 Å². The van der Waals surface area contributed by atoms with Gasteiger partial charge in [-0.25, -0.2) is 14.7 Å². The fourth-order valence-electron chi connectivity index (χ4n) is 2.86. The Morgan fingerprint density at radius 2 is 1.95 bits per heavy atom. The number of pyridine rings is 1. The van der Waals surface area contributed by atoms with Gasteiger partial charge in [0.25, 0.3) is 0 Å². The van der Waals surface area contributed by atoms with E-state index >= 15 is 0 Å². The van der Waals surface area contributed by atoms with Crippen molar-refractivity contribution in [2.24, 2.45) is 0 Å². The fourth-order valence-corrected chi connectivity index (χ4v) is 4.15. The van der Waals surface area contributed by atoms with Gasteiger partial charge in [0.15, 0.2) is 5.82 Å². The van der Waals surface area contributed by atoms with Gasteiger partial charge in [0.2, 0.25) is 0 Å². The minimum absolute atomic E-state index is 0.00122. The van der Waals surface area contributed by atoms with E-state index in [0.29, 0.717) is 10.8 Å². The topological polar surface area (TPSA) is 36.4 Å². The van der Waals surface area contributed by atoms with E-state index in [-0.39, 0.29) is 6.03 Å². The molecule has 0 unspecified atom stereocenters. The van der Waals surface area contributed by atoms with Crippen LogP contribution in [-0.2, 0) is 0 Å². The summed E-state index contributed by atoms with van der Waals surface area (Å²) >= 11 is 7.67. The third kappa shape index (κ3) is 2.25. The first-order chi connectivity index (χ1) is 10.7. The zero-order chi connectivity index (χ0) is 15.1. The maximum absolute atomic E-state index is 13.0. The summed E-state index contributed by atoms with van der Waals surface area (Å²) in [6.07, 6.45) is 3.73. The Bertz CT molecular complexity index is 746. The first-order valence-corrected chi connectivity index (χ1v) is 8.45. The lowest BCUT2D eigenvalue weighted by Gasteiger charge is -2.32. The van der Waals surface area contributed by atoms with E-state index in [0.717, 1.165) is 41.4 Å². The molecule has 0 saturated carbocycles. The van der Waals surface area contributed by atoms with E-state index in [1.54, 1.807) is 22.9 Å². The number of anilines is 2. The largest absolute Gasteiger partial charge is 0.330 e. The third-order valence-electron chi connectivity index (χ3n) is 3.91. The highest BCUT2D eigenvalue weighted by molar-refractivity contribution is 7.99.